The van der Waals surface area contributed by atoms with E-state index in [1.165, 1.54) is 7.11 Å². The first-order chi connectivity index (χ1) is 11.3. The second-order valence-electron chi connectivity index (χ2n) is 5.76. The van der Waals surface area contributed by atoms with Gasteiger partial charge in [0.2, 0.25) is 11.8 Å². The van der Waals surface area contributed by atoms with Gasteiger partial charge in [-0.15, -0.1) is 0 Å². The number of hydrogen-bond acceptors (Lipinski definition) is 4. The van der Waals surface area contributed by atoms with Gasteiger partial charge in [-0.3, -0.25) is 9.59 Å². The molecule has 24 heavy (non-hydrogen) atoms. The molecule has 0 spiro atoms. The smallest absolute Gasteiger partial charge is 0.334 e. The maximum atomic E-state index is 12.2. The molecular weight excluding hydrogens is 312 g/mol. The first-order valence-corrected chi connectivity index (χ1v) is 7.71. The fourth-order valence-electron chi connectivity index (χ4n) is 2.12. The number of nitrogens with one attached hydrogen (secondary N) is 2. The van der Waals surface area contributed by atoms with Gasteiger partial charge in [-0.2, -0.15) is 0 Å². The van der Waals surface area contributed by atoms with Gasteiger partial charge in [0.25, 0.3) is 0 Å². The van der Waals surface area contributed by atoms with E-state index in [1.54, 1.807) is 13.8 Å². The van der Waals surface area contributed by atoms with Crippen LogP contribution < -0.4 is 10.6 Å². The lowest BCUT2D eigenvalue weighted by Crippen LogP contribution is -2.52. The molecule has 7 nitrogen and oxygen atoms in total. The lowest BCUT2D eigenvalue weighted by atomic mass is 10.0. The van der Waals surface area contributed by atoms with Gasteiger partial charge in [0, 0.05) is 7.11 Å². The molecule has 0 saturated heterocycles. The summed E-state index contributed by atoms with van der Waals surface area (Å²) in [5.74, 6) is -2.01. The molecule has 1 aromatic carbocycles. The maximum absolute atomic E-state index is 12.2. The Morgan fingerprint density at radius 3 is 2.29 bits per heavy atom. The summed E-state index contributed by atoms with van der Waals surface area (Å²) in [4.78, 5) is 35.2. The number of amides is 2. The molecule has 0 saturated carbocycles. The zero-order valence-corrected chi connectivity index (χ0v) is 14.1. The van der Waals surface area contributed by atoms with Crippen molar-refractivity contribution in [1.29, 1.82) is 0 Å². The standard InChI is InChI=1S/C17H24N2O5/c1-11(2)15(16(21)18-10-13(24-3)17(22)23)19-14(20)9-12-7-5-4-6-8-12/h4-8,11,13,15H,9-10H2,1-3H3,(H,18,21)(H,19,20)(H,22,23). The molecule has 1 aromatic rings. The van der Waals surface area contributed by atoms with Crippen molar-refractivity contribution < 1.29 is 24.2 Å². The summed E-state index contributed by atoms with van der Waals surface area (Å²) < 4.78 is 4.76. The summed E-state index contributed by atoms with van der Waals surface area (Å²) in [6.07, 6.45) is -0.950. The van der Waals surface area contributed by atoms with Crippen LogP contribution in [0.5, 0.6) is 0 Å². The molecule has 0 radical (unpaired) electrons. The molecule has 7 heteroatoms. The van der Waals surface area contributed by atoms with E-state index in [-0.39, 0.29) is 24.8 Å². The fraction of sp³-hybridized carbons (Fsp3) is 0.471. The number of carbonyl (C=O) groups is 3. The van der Waals surface area contributed by atoms with Crippen molar-refractivity contribution in [2.45, 2.75) is 32.4 Å². The van der Waals surface area contributed by atoms with Gasteiger partial charge in [-0.25, -0.2) is 4.79 Å². The quantitative estimate of drug-likeness (QED) is 0.612. The predicted octanol–water partition coefficient (Wildman–Crippen LogP) is 0.586. The van der Waals surface area contributed by atoms with E-state index in [9.17, 15) is 14.4 Å². The number of hydrogen-bond donors (Lipinski definition) is 3. The first-order valence-electron chi connectivity index (χ1n) is 7.71. The summed E-state index contributed by atoms with van der Waals surface area (Å²) in [5, 5.41) is 14.1. The van der Waals surface area contributed by atoms with Crippen LogP contribution >= 0.6 is 0 Å². The van der Waals surface area contributed by atoms with E-state index >= 15 is 0 Å². The third kappa shape index (κ3) is 6.37. The first kappa shape index (κ1) is 19.6. The molecule has 0 heterocycles. The normalized spacial score (nSPS) is 13.2. The molecule has 0 aliphatic rings. The molecule has 0 aliphatic carbocycles. The van der Waals surface area contributed by atoms with Crippen molar-refractivity contribution in [2.75, 3.05) is 13.7 Å². The third-order valence-electron chi connectivity index (χ3n) is 3.49. The third-order valence-corrected chi connectivity index (χ3v) is 3.49. The number of ether oxygens (including phenoxy) is 1. The van der Waals surface area contributed by atoms with Crippen molar-refractivity contribution >= 4 is 17.8 Å². The van der Waals surface area contributed by atoms with Crippen molar-refractivity contribution in [3.8, 4) is 0 Å². The Balaban J connectivity index is 2.60. The van der Waals surface area contributed by atoms with Gasteiger partial charge >= 0.3 is 5.97 Å². The second kappa shape index (κ2) is 9.67. The average Bonchev–Trinajstić information content (AvgIpc) is 2.53. The Kier molecular flexibility index (Phi) is 7.91. The van der Waals surface area contributed by atoms with Crippen molar-refractivity contribution in [2.24, 2.45) is 5.92 Å². The van der Waals surface area contributed by atoms with Crippen LogP contribution in [0.4, 0.5) is 0 Å². The molecule has 0 fully saturated rings. The molecule has 0 aliphatic heterocycles. The molecule has 0 bridgehead atoms. The van der Waals surface area contributed by atoms with Gasteiger partial charge in [-0.05, 0) is 11.5 Å². The number of carbonyl (C=O) groups excluding carboxylic acids is 2. The number of rotatable bonds is 9. The van der Waals surface area contributed by atoms with Gasteiger partial charge in [0.1, 0.15) is 6.04 Å². The zero-order chi connectivity index (χ0) is 18.1. The molecule has 0 aromatic heterocycles. The lowest BCUT2D eigenvalue weighted by molar-refractivity contribution is -0.148. The Labute approximate surface area is 141 Å². The van der Waals surface area contributed by atoms with E-state index in [4.69, 9.17) is 9.84 Å². The van der Waals surface area contributed by atoms with Crippen molar-refractivity contribution in [1.82, 2.24) is 10.6 Å². The van der Waals surface area contributed by atoms with Gasteiger partial charge in [0.15, 0.2) is 6.10 Å². The van der Waals surface area contributed by atoms with Crippen LogP contribution in [0.2, 0.25) is 0 Å². The number of benzene rings is 1. The van der Waals surface area contributed by atoms with Gasteiger partial charge in [0.05, 0.1) is 13.0 Å². The topological polar surface area (TPSA) is 105 Å². The number of methoxy groups -OCH3 is 1. The number of aliphatic carboxylic acids is 1. The highest BCUT2D eigenvalue weighted by molar-refractivity contribution is 5.89. The Morgan fingerprint density at radius 1 is 1.17 bits per heavy atom. The lowest BCUT2D eigenvalue weighted by Gasteiger charge is -2.22. The highest BCUT2D eigenvalue weighted by Crippen LogP contribution is 2.05. The van der Waals surface area contributed by atoms with Crippen LogP contribution in [0.25, 0.3) is 0 Å². The summed E-state index contributed by atoms with van der Waals surface area (Å²) in [6, 6.07) is 8.46. The van der Waals surface area contributed by atoms with E-state index in [0.29, 0.717) is 0 Å². The summed E-state index contributed by atoms with van der Waals surface area (Å²) in [7, 11) is 1.26. The highest BCUT2D eigenvalue weighted by Gasteiger charge is 2.26. The minimum Gasteiger partial charge on any atom is -0.479 e. The van der Waals surface area contributed by atoms with Crippen LogP contribution in [-0.4, -0.2) is 48.7 Å². The van der Waals surface area contributed by atoms with E-state index in [0.717, 1.165) is 5.56 Å². The van der Waals surface area contributed by atoms with Crippen LogP contribution in [0, 0.1) is 5.92 Å². The summed E-state index contributed by atoms with van der Waals surface area (Å²) >= 11 is 0. The van der Waals surface area contributed by atoms with Crippen molar-refractivity contribution in [3.63, 3.8) is 0 Å². The highest BCUT2D eigenvalue weighted by atomic mass is 16.5. The van der Waals surface area contributed by atoms with E-state index in [2.05, 4.69) is 10.6 Å². The summed E-state index contributed by atoms with van der Waals surface area (Å²) in [5.41, 5.74) is 0.850. The minimum atomic E-state index is -1.16. The monoisotopic (exact) mass is 336 g/mol. The molecule has 2 atom stereocenters. The largest absolute Gasteiger partial charge is 0.479 e. The number of carboxylic acids is 1. The number of carboxylic acid groups (broad SMARTS) is 1. The SMILES string of the molecule is COC(CNC(=O)C(NC(=O)Cc1ccccc1)C(C)C)C(=O)O. The Hall–Kier alpha value is -2.41. The molecule has 2 unspecified atom stereocenters. The molecule has 132 valence electrons. The van der Waals surface area contributed by atoms with Crippen LogP contribution in [-0.2, 0) is 25.5 Å². The molecule has 1 rings (SSSR count). The minimum absolute atomic E-state index is 0.143. The van der Waals surface area contributed by atoms with E-state index < -0.39 is 24.0 Å². The van der Waals surface area contributed by atoms with Gasteiger partial charge in [-0.1, -0.05) is 44.2 Å². The molecule has 3 N–H and O–H groups in total. The summed E-state index contributed by atoms with van der Waals surface area (Å²) in [6.45, 7) is 3.44. The van der Waals surface area contributed by atoms with Gasteiger partial charge < -0.3 is 20.5 Å². The average molecular weight is 336 g/mol. The molecule has 2 amide bonds. The van der Waals surface area contributed by atoms with Crippen molar-refractivity contribution in [3.05, 3.63) is 35.9 Å². The predicted molar refractivity (Wildman–Crippen MR) is 88.4 cm³/mol. The Morgan fingerprint density at radius 2 is 1.79 bits per heavy atom. The van der Waals surface area contributed by atoms with Crippen LogP contribution in [0.3, 0.4) is 0 Å². The second-order valence-corrected chi connectivity index (χ2v) is 5.76. The van der Waals surface area contributed by atoms with E-state index in [1.807, 2.05) is 30.3 Å². The fourth-order valence-corrected chi connectivity index (χ4v) is 2.12. The Bertz CT molecular complexity index is 559. The zero-order valence-electron chi connectivity index (χ0n) is 14.1. The maximum Gasteiger partial charge on any atom is 0.334 e. The van der Waals surface area contributed by atoms with Crippen LogP contribution in [0.1, 0.15) is 19.4 Å². The van der Waals surface area contributed by atoms with Crippen LogP contribution in [0.15, 0.2) is 30.3 Å². The molecular formula is C17H24N2O5.